The maximum absolute atomic E-state index is 11.5. The van der Waals surface area contributed by atoms with E-state index in [0.717, 1.165) is 5.56 Å². The second kappa shape index (κ2) is 5.22. The summed E-state index contributed by atoms with van der Waals surface area (Å²) < 4.78 is 0. The van der Waals surface area contributed by atoms with Gasteiger partial charge in [0.2, 0.25) is 5.91 Å². The second-order valence-electron chi connectivity index (χ2n) is 3.17. The minimum Gasteiger partial charge on any atom is -0.352 e. The van der Waals surface area contributed by atoms with E-state index in [1.165, 1.54) is 0 Å². The number of benzene rings is 1. The monoisotopic (exact) mass is 189 g/mol. The van der Waals surface area contributed by atoms with Crippen molar-refractivity contribution in [2.24, 2.45) is 0 Å². The SMILES string of the molecule is C=CCNC(=O)C(C)c1ccccc1. The van der Waals surface area contributed by atoms with E-state index in [1.807, 2.05) is 37.3 Å². The van der Waals surface area contributed by atoms with Crippen molar-refractivity contribution in [3.05, 3.63) is 48.6 Å². The Balaban J connectivity index is 2.61. The van der Waals surface area contributed by atoms with Gasteiger partial charge >= 0.3 is 0 Å². The van der Waals surface area contributed by atoms with E-state index >= 15 is 0 Å². The molecule has 0 aliphatic carbocycles. The number of carbonyl (C=O) groups excluding carboxylic acids is 1. The van der Waals surface area contributed by atoms with Crippen LogP contribution in [-0.4, -0.2) is 12.5 Å². The molecule has 2 nitrogen and oxygen atoms in total. The predicted octanol–water partition coefficient (Wildman–Crippen LogP) is 2.09. The van der Waals surface area contributed by atoms with Crippen LogP contribution in [0.25, 0.3) is 0 Å². The van der Waals surface area contributed by atoms with Crippen LogP contribution in [0.2, 0.25) is 0 Å². The zero-order chi connectivity index (χ0) is 10.4. The quantitative estimate of drug-likeness (QED) is 0.722. The Morgan fingerprint density at radius 1 is 1.50 bits per heavy atom. The topological polar surface area (TPSA) is 29.1 Å². The van der Waals surface area contributed by atoms with Gasteiger partial charge in [-0.2, -0.15) is 0 Å². The molecule has 0 spiro atoms. The van der Waals surface area contributed by atoms with Crippen LogP contribution in [-0.2, 0) is 4.79 Å². The van der Waals surface area contributed by atoms with Crippen molar-refractivity contribution in [2.45, 2.75) is 12.8 Å². The first-order chi connectivity index (χ1) is 6.75. The van der Waals surface area contributed by atoms with E-state index in [9.17, 15) is 4.79 Å². The summed E-state index contributed by atoms with van der Waals surface area (Å²) in [6, 6.07) is 9.73. The Labute approximate surface area is 84.6 Å². The molecule has 1 N–H and O–H groups in total. The van der Waals surface area contributed by atoms with Crippen LogP contribution in [0, 0.1) is 0 Å². The molecule has 0 saturated heterocycles. The summed E-state index contributed by atoms with van der Waals surface area (Å²) in [4.78, 5) is 11.5. The lowest BCUT2D eigenvalue weighted by Crippen LogP contribution is -2.27. The maximum Gasteiger partial charge on any atom is 0.227 e. The summed E-state index contributed by atoms with van der Waals surface area (Å²) in [5.74, 6) is -0.0627. The number of carbonyl (C=O) groups is 1. The van der Waals surface area contributed by atoms with E-state index < -0.39 is 0 Å². The summed E-state index contributed by atoms with van der Waals surface area (Å²) in [6.07, 6.45) is 1.68. The van der Waals surface area contributed by atoms with Gasteiger partial charge in [-0.05, 0) is 12.5 Å². The summed E-state index contributed by atoms with van der Waals surface area (Å²) in [6.45, 7) is 5.97. The molecule has 1 rings (SSSR count). The molecule has 74 valence electrons. The Morgan fingerprint density at radius 2 is 2.14 bits per heavy atom. The molecule has 0 bridgehead atoms. The first kappa shape index (κ1) is 10.5. The Bertz CT molecular complexity index is 305. The van der Waals surface area contributed by atoms with Crippen LogP contribution < -0.4 is 5.32 Å². The van der Waals surface area contributed by atoms with Crippen LogP contribution in [0.15, 0.2) is 43.0 Å². The highest BCUT2D eigenvalue weighted by atomic mass is 16.1. The van der Waals surface area contributed by atoms with Gasteiger partial charge in [-0.15, -0.1) is 6.58 Å². The van der Waals surface area contributed by atoms with Gasteiger partial charge in [0.05, 0.1) is 5.92 Å². The highest BCUT2D eigenvalue weighted by Gasteiger charge is 2.12. The summed E-state index contributed by atoms with van der Waals surface area (Å²) in [7, 11) is 0. The van der Waals surface area contributed by atoms with Crippen LogP contribution in [0.1, 0.15) is 18.4 Å². The van der Waals surface area contributed by atoms with Gasteiger partial charge in [0.1, 0.15) is 0 Å². The molecule has 0 saturated carbocycles. The minimum atomic E-state index is -0.101. The molecule has 1 atom stereocenters. The van der Waals surface area contributed by atoms with E-state index in [-0.39, 0.29) is 11.8 Å². The highest BCUT2D eigenvalue weighted by molar-refractivity contribution is 5.83. The molecule has 1 amide bonds. The summed E-state index contributed by atoms with van der Waals surface area (Å²) in [5.41, 5.74) is 1.04. The molecular formula is C12H15NO. The Morgan fingerprint density at radius 3 is 2.71 bits per heavy atom. The smallest absolute Gasteiger partial charge is 0.227 e. The molecule has 0 aliphatic rings. The van der Waals surface area contributed by atoms with Gasteiger partial charge in [0.15, 0.2) is 0 Å². The highest BCUT2D eigenvalue weighted by Crippen LogP contribution is 2.13. The van der Waals surface area contributed by atoms with Gasteiger partial charge in [0, 0.05) is 6.54 Å². The first-order valence-corrected chi connectivity index (χ1v) is 4.69. The Kier molecular flexibility index (Phi) is 3.92. The number of hydrogen-bond acceptors (Lipinski definition) is 1. The van der Waals surface area contributed by atoms with Gasteiger partial charge < -0.3 is 5.32 Å². The largest absolute Gasteiger partial charge is 0.352 e. The molecule has 0 aliphatic heterocycles. The van der Waals surface area contributed by atoms with Crippen LogP contribution in [0.4, 0.5) is 0 Å². The van der Waals surface area contributed by atoms with Gasteiger partial charge in [0.25, 0.3) is 0 Å². The molecule has 0 fully saturated rings. The van der Waals surface area contributed by atoms with Crippen molar-refractivity contribution in [1.29, 1.82) is 0 Å². The van der Waals surface area contributed by atoms with Gasteiger partial charge in [-0.25, -0.2) is 0 Å². The number of amides is 1. The minimum absolute atomic E-state index is 0.0381. The molecular weight excluding hydrogens is 174 g/mol. The standard InChI is InChI=1S/C12H15NO/c1-3-9-13-12(14)10(2)11-7-5-4-6-8-11/h3-8,10H,1,9H2,2H3,(H,13,14). The zero-order valence-corrected chi connectivity index (χ0v) is 8.36. The van der Waals surface area contributed by atoms with Crippen molar-refractivity contribution < 1.29 is 4.79 Å². The first-order valence-electron chi connectivity index (χ1n) is 4.69. The van der Waals surface area contributed by atoms with Crippen LogP contribution >= 0.6 is 0 Å². The third kappa shape index (κ3) is 2.73. The molecule has 14 heavy (non-hydrogen) atoms. The van der Waals surface area contributed by atoms with Crippen LogP contribution in [0.5, 0.6) is 0 Å². The fraction of sp³-hybridized carbons (Fsp3) is 0.250. The molecule has 1 aromatic rings. The second-order valence-corrected chi connectivity index (χ2v) is 3.17. The number of rotatable bonds is 4. The molecule has 1 unspecified atom stereocenters. The van der Waals surface area contributed by atoms with E-state index in [2.05, 4.69) is 11.9 Å². The average molecular weight is 189 g/mol. The summed E-state index contributed by atoms with van der Waals surface area (Å²) >= 11 is 0. The van der Waals surface area contributed by atoms with E-state index in [4.69, 9.17) is 0 Å². The molecule has 0 heterocycles. The lowest BCUT2D eigenvalue weighted by molar-refractivity contribution is -0.121. The maximum atomic E-state index is 11.5. The lowest BCUT2D eigenvalue weighted by atomic mass is 10.0. The lowest BCUT2D eigenvalue weighted by Gasteiger charge is -2.10. The fourth-order valence-corrected chi connectivity index (χ4v) is 1.22. The van der Waals surface area contributed by atoms with Gasteiger partial charge in [-0.3, -0.25) is 4.79 Å². The summed E-state index contributed by atoms with van der Waals surface area (Å²) in [5, 5.41) is 2.77. The predicted molar refractivity (Wildman–Crippen MR) is 58.1 cm³/mol. The Hall–Kier alpha value is -1.57. The molecule has 2 heteroatoms. The molecule has 1 aromatic carbocycles. The normalized spacial score (nSPS) is 11.8. The molecule has 0 aromatic heterocycles. The molecule has 0 radical (unpaired) electrons. The third-order valence-electron chi connectivity index (χ3n) is 2.11. The third-order valence-corrected chi connectivity index (χ3v) is 2.11. The number of nitrogens with one attached hydrogen (secondary N) is 1. The average Bonchev–Trinajstić information content (AvgIpc) is 2.26. The van der Waals surface area contributed by atoms with Crippen molar-refractivity contribution in [3.63, 3.8) is 0 Å². The van der Waals surface area contributed by atoms with Gasteiger partial charge in [-0.1, -0.05) is 36.4 Å². The number of hydrogen-bond donors (Lipinski definition) is 1. The van der Waals surface area contributed by atoms with Crippen molar-refractivity contribution in [2.75, 3.05) is 6.54 Å². The van der Waals surface area contributed by atoms with Crippen molar-refractivity contribution in [3.8, 4) is 0 Å². The van der Waals surface area contributed by atoms with Crippen molar-refractivity contribution >= 4 is 5.91 Å². The fourth-order valence-electron chi connectivity index (χ4n) is 1.22. The van der Waals surface area contributed by atoms with Crippen LogP contribution in [0.3, 0.4) is 0 Å². The van der Waals surface area contributed by atoms with E-state index in [0.29, 0.717) is 6.54 Å². The van der Waals surface area contributed by atoms with Crippen molar-refractivity contribution in [1.82, 2.24) is 5.32 Å². The zero-order valence-electron chi connectivity index (χ0n) is 8.36. The van der Waals surface area contributed by atoms with E-state index in [1.54, 1.807) is 6.08 Å².